The zero-order valence-corrected chi connectivity index (χ0v) is 12.4. The average Bonchev–Trinajstić information content (AvgIpc) is 2.98. The number of nitrogens with one attached hydrogen (secondary N) is 1. The Morgan fingerprint density at radius 1 is 1.35 bits per heavy atom. The summed E-state index contributed by atoms with van der Waals surface area (Å²) in [6, 6.07) is 10.7. The van der Waals surface area contributed by atoms with Gasteiger partial charge >= 0.3 is 0 Å². The largest absolute Gasteiger partial charge is 0.484 e. The number of carbonyl (C=O) groups excluding carboxylic acids is 1. The highest BCUT2D eigenvalue weighted by molar-refractivity contribution is 9.10. The van der Waals surface area contributed by atoms with Crippen molar-refractivity contribution >= 4 is 27.5 Å². The van der Waals surface area contributed by atoms with Crippen LogP contribution in [0.2, 0.25) is 0 Å². The van der Waals surface area contributed by atoms with Crippen LogP contribution in [0.15, 0.2) is 56.7 Å². The Bertz CT molecular complexity index is 591. The normalized spacial score (nSPS) is 11.2. The molecule has 1 aromatic heterocycles. The number of rotatable bonds is 5. The summed E-state index contributed by atoms with van der Waals surface area (Å²) in [4.78, 5) is 11.6. The Balaban J connectivity index is 1.81. The van der Waals surface area contributed by atoms with Crippen molar-refractivity contribution in [2.75, 3.05) is 6.61 Å². The molecule has 6 heteroatoms. The average molecular weight is 337 g/mol. The minimum absolute atomic E-state index is 0.101. The summed E-state index contributed by atoms with van der Waals surface area (Å²) in [5.41, 5.74) is 3.00. The highest BCUT2D eigenvalue weighted by Gasteiger charge is 2.04. The number of halogens is 1. The highest BCUT2D eigenvalue weighted by atomic mass is 79.9. The lowest BCUT2D eigenvalue weighted by Crippen LogP contribution is -2.25. The van der Waals surface area contributed by atoms with E-state index in [1.807, 2.05) is 12.1 Å². The number of ether oxygens (including phenoxy) is 1. The molecular formula is C14H13BrN2O3. The molecular weight excluding hydrogens is 324 g/mol. The fourth-order valence-electron chi connectivity index (χ4n) is 1.40. The molecule has 1 heterocycles. The third kappa shape index (κ3) is 4.24. The first-order valence-corrected chi connectivity index (χ1v) is 6.70. The van der Waals surface area contributed by atoms with Crippen LogP contribution in [0.3, 0.4) is 0 Å². The maximum atomic E-state index is 11.6. The molecule has 0 atom stereocenters. The molecule has 2 aromatic rings. The molecule has 0 aliphatic heterocycles. The van der Waals surface area contributed by atoms with Crippen LogP contribution in [0, 0.1) is 0 Å². The van der Waals surface area contributed by atoms with Crippen molar-refractivity contribution < 1.29 is 13.9 Å². The number of nitrogens with zero attached hydrogens (tertiary/aromatic N) is 1. The molecule has 0 saturated carbocycles. The van der Waals surface area contributed by atoms with Gasteiger partial charge in [-0.2, -0.15) is 5.10 Å². The van der Waals surface area contributed by atoms with E-state index in [-0.39, 0.29) is 12.5 Å². The molecule has 5 nitrogen and oxygen atoms in total. The lowest BCUT2D eigenvalue weighted by molar-refractivity contribution is -0.123. The molecule has 0 fully saturated rings. The highest BCUT2D eigenvalue weighted by Crippen LogP contribution is 2.15. The number of carbonyl (C=O) groups is 1. The molecule has 1 aromatic carbocycles. The summed E-state index contributed by atoms with van der Waals surface area (Å²) in [7, 11) is 0. The zero-order valence-electron chi connectivity index (χ0n) is 10.8. The number of hydrogen-bond acceptors (Lipinski definition) is 4. The summed E-state index contributed by atoms with van der Waals surface area (Å²) in [5, 5.41) is 3.93. The standard InChI is InChI=1S/C14H13BrN2O3/c1-10(13-3-2-8-19-13)16-17-14(18)9-20-12-6-4-11(15)5-7-12/h2-8H,9H2,1H3,(H,17,18)/b16-10+. The molecule has 0 aliphatic rings. The smallest absolute Gasteiger partial charge is 0.277 e. The summed E-state index contributed by atoms with van der Waals surface area (Å²) in [6.45, 7) is 1.64. The molecule has 2 rings (SSSR count). The predicted molar refractivity (Wildman–Crippen MR) is 78.7 cm³/mol. The molecule has 20 heavy (non-hydrogen) atoms. The van der Waals surface area contributed by atoms with Crippen LogP contribution in [-0.2, 0) is 4.79 Å². The molecule has 0 spiro atoms. The summed E-state index contributed by atoms with van der Waals surface area (Å²) < 4.78 is 11.4. The monoisotopic (exact) mass is 336 g/mol. The van der Waals surface area contributed by atoms with Crippen molar-refractivity contribution in [3.8, 4) is 5.75 Å². The lowest BCUT2D eigenvalue weighted by atomic mass is 10.3. The minimum atomic E-state index is -0.334. The first-order valence-electron chi connectivity index (χ1n) is 5.90. The van der Waals surface area contributed by atoms with Crippen molar-refractivity contribution in [1.29, 1.82) is 0 Å². The van der Waals surface area contributed by atoms with Crippen LogP contribution in [0.5, 0.6) is 5.75 Å². The third-order valence-corrected chi connectivity index (χ3v) is 2.94. The van der Waals surface area contributed by atoms with Gasteiger partial charge in [-0.05, 0) is 43.3 Å². The van der Waals surface area contributed by atoms with Gasteiger partial charge in [0.05, 0.1) is 6.26 Å². The minimum Gasteiger partial charge on any atom is -0.484 e. The van der Waals surface area contributed by atoms with Gasteiger partial charge in [-0.25, -0.2) is 5.43 Å². The van der Waals surface area contributed by atoms with Crippen LogP contribution < -0.4 is 10.2 Å². The van der Waals surface area contributed by atoms with Crippen LogP contribution in [-0.4, -0.2) is 18.2 Å². The molecule has 1 N–H and O–H groups in total. The van der Waals surface area contributed by atoms with E-state index in [4.69, 9.17) is 9.15 Å². The van der Waals surface area contributed by atoms with Crippen LogP contribution in [0.1, 0.15) is 12.7 Å². The lowest BCUT2D eigenvalue weighted by Gasteiger charge is -2.05. The van der Waals surface area contributed by atoms with Gasteiger partial charge in [0.2, 0.25) is 0 Å². The zero-order chi connectivity index (χ0) is 14.4. The van der Waals surface area contributed by atoms with E-state index in [0.717, 1.165) is 4.47 Å². The topological polar surface area (TPSA) is 63.8 Å². The maximum Gasteiger partial charge on any atom is 0.277 e. The van der Waals surface area contributed by atoms with Gasteiger partial charge in [-0.1, -0.05) is 15.9 Å². The molecule has 0 saturated heterocycles. The Hall–Kier alpha value is -2.08. The van der Waals surface area contributed by atoms with Crippen LogP contribution >= 0.6 is 15.9 Å². The van der Waals surface area contributed by atoms with E-state index in [1.54, 1.807) is 37.5 Å². The van der Waals surface area contributed by atoms with E-state index >= 15 is 0 Å². The van der Waals surface area contributed by atoms with Gasteiger partial charge < -0.3 is 9.15 Å². The number of furan rings is 1. The molecule has 0 bridgehead atoms. The predicted octanol–water partition coefficient (Wildman–Crippen LogP) is 2.96. The van der Waals surface area contributed by atoms with Gasteiger partial charge in [0.1, 0.15) is 17.2 Å². The van der Waals surface area contributed by atoms with Crippen molar-refractivity contribution in [2.45, 2.75) is 6.92 Å². The summed E-state index contributed by atoms with van der Waals surface area (Å²) in [6.07, 6.45) is 1.55. The third-order valence-electron chi connectivity index (χ3n) is 2.41. The first kappa shape index (κ1) is 14.3. The molecule has 0 aliphatic carbocycles. The van der Waals surface area contributed by atoms with E-state index in [9.17, 15) is 4.79 Å². The number of amides is 1. The second kappa shape index (κ2) is 6.91. The summed E-state index contributed by atoms with van der Waals surface area (Å²) in [5.74, 6) is 0.896. The molecule has 1 amide bonds. The van der Waals surface area contributed by atoms with Crippen molar-refractivity contribution in [3.63, 3.8) is 0 Å². The Kier molecular flexibility index (Phi) is 4.95. The fourth-order valence-corrected chi connectivity index (χ4v) is 1.66. The Morgan fingerprint density at radius 3 is 2.75 bits per heavy atom. The molecule has 0 unspecified atom stereocenters. The Morgan fingerprint density at radius 2 is 2.10 bits per heavy atom. The van der Waals surface area contributed by atoms with Gasteiger partial charge in [-0.15, -0.1) is 0 Å². The van der Waals surface area contributed by atoms with Crippen LogP contribution in [0.25, 0.3) is 0 Å². The quantitative estimate of drug-likeness (QED) is 0.674. The summed E-state index contributed by atoms with van der Waals surface area (Å²) >= 11 is 3.32. The number of benzene rings is 1. The van der Waals surface area contributed by atoms with Crippen molar-refractivity contribution in [1.82, 2.24) is 5.43 Å². The van der Waals surface area contributed by atoms with E-state index < -0.39 is 0 Å². The van der Waals surface area contributed by atoms with Gasteiger partial charge in [0.15, 0.2) is 6.61 Å². The second-order valence-electron chi connectivity index (χ2n) is 3.95. The van der Waals surface area contributed by atoms with Gasteiger partial charge in [0, 0.05) is 4.47 Å². The van der Waals surface area contributed by atoms with E-state index in [0.29, 0.717) is 17.2 Å². The van der Waals surface area contributed by atoms with Crippen molar-refractivity contribution in [2.24, 2.45) is 5.10 Å². The van der Waals surface area contributed by atoms with E-state index in [2.05, 4.69) is 26.5 Å². The second-order valence-corrected chi connectivity index (χ2v) is 4.87. The first-order chi connectivity index (χ1) is 9.65. The van der Waals surface area contributed by atoms with Crippen molar-refractivity contribution in [3.05, 3.63) is 52.9 Å². The number of hydrogen-bond donors (Lipinski definition) is 1. The van der Waals surface area contributed by atoms with Crippen LogP contribution in [0.4, 0.5) is 0 Å². The maximum absolute atomic E-state index is 11.6. The molecule has 0 radical (unpaired) electrons. The van der Waals surface area contributed by atoms with E-state index in [1.165, 1.54) is 0 Å². The van der Waals surface area contributed by atoms with Gasteiger partial charge in [0.25, 0.3) is 5.91 Å². The SMILES string of the molecule is C/C(=N\NC(=O)COc1ccc(Br)cc1)c1ccco1. The number of hydrazone groups is 1. The fraction of sp³-hybridized carbons (Fsp3) is 0.143. The molecule has 104 valence electrons. The Labute approximate surface area is 124 Å². The van der Waals surface area contributed by atoms with Gasteiger partial charge in [-0.3, -0.25) is 4.79 Å².